The lowest BCUT2D eigenvalue weighted by Crippen LogP contribution is -2.65. The molecule has 8 heteroatoms. The first-order chi connectivity index (χ1) is 20.9. The van der Waals surface area contributed by atoms with E-state index in [2.05, 4.69) is 64.9 Å². The maximum atomic E-state index is 14.6. The molecule has 0 heterocycles. The zero-order valence-electron chi connectivity index (χ0n) is 29.4. The summed E-state index contributed by atoms with van der Waals surface area (Å²) >= 11 is 0. The maximum Gasteiger partial charge on any atom is 0.328 e. The average Bonchev–Trinajstić information content (AvgIpc) is 2.96. The molecule has 254 valence electrons. The number of carbonyl (C=O) groups is 2. The molecule has 5 aliphatic carbocycles. The Labute approximate surface area is 272 Å². The van der Waals surface area contributed by atoms with Crippen molar-refractivity contribution in [2.45, 2.75) is 138 Å². The number of rotatable bonds is 7. The van der Waals surface area contributed by atoms with Gasteiger partial charge in [0.2, 0.25) is 5.91 Å². The quantitative estimate of drug-likeness (QED) is 0.0918. The predicted octanol–water partition coefficient (Wildman–Crippen LogP) is 5.86. The number of carbonyl (C=O) groups excluding carboxylic acids is 2. The van der Waals surface area contributed by atoms with E-state index in [-0.39, 0.29) is 51.0 Å². The fourth-order valence-corrected chi connectivity index (χ4v) is 11.8. The molecule has 4 saturated carbocycles. The number of ether oxygens (including phenoxy) is 1. The molecule has 0 aromatic heterocycles. The van der Waals surface area contributed by atoms with Crippen LogP contribution in [0.25, 0.3) is 0 Å². The van der Waals surface area contributed by atoms with E-state index in [1.165, 1.54) is 12.7 Å². The number of aliphatic hydroxyl groups excluding tert-OH is 1. The molecule has 0 aromatic rings. The molecule has 0 spiro atoms. The highest BCUT2D eigenvalue weighted by molar-refractivity contribution is 5.89. The summed E-state index contributed by atoms with van der Waals surface area (Å²) in [6.07, 6.45) is 13.3. The van der Waals surface area contributed by atoms with Gasteiger partial charge in [0.1, 0.15) is 6.04 Å². The summed E-state index contributed by atoms with van der Waals surface area (Å²) in [7, 11) is 1.38. The summed E-state index contributed by atoms with van der Waals surface area (Å²) in [5, 5.41) is 14.2. The second kappa shape index (κ2) is 11.6. The number of aliphatic imine (C=N–C) groups is 1. The van der Waals surface area contributed by atoms with Crippen LogP contribution in [0.4, 0.5) is 0 Å². The minimum absolute atomic E-state index is 0.00782. The average molecular weight is 627 g/mol. The first-order valence-corrected chi connectivity index (χ1v) is 17.7. The number of hydrogen-bond donors (Lipinski definition) is 4. The van der Waals surface area contributed by atoms with Crippen LogP contribution in [0.2, 0.25) is 0 Å². The van der Waals surface area contributed by atoms with Crippen molar-refractivity contribution < 1.29 is 19.4 Å². The Morgan fingerprint density at radius 1 is 1.00 bits per heavy atom. The molecular formula is C37H62N4O4. The van der Waals surface area contributed by atoms with Crippen molar-refractivity contribution in [3.63, 3.8) is 0 Å². The number of nitrogens with one attached hydrogen (secondary N) is 1. The maximum absolute atomic E-state index is 14.6. The molecule has 5 rings (SSSR count). The standard InChI is InChI=1S/C37H62N4O4/c1-32(2)17-19-37(30(44)41-25(29(43)45-8)10-9-21-40-31(38)39)20-18-35(6)23(24(37)22-32)11-12-27-34(5)15-14-28(42)33(3,4)26(34)13-16-36(27,35)7/h11,24-28,42H,9-10,12-22H2,1-8H3,(H,41,44)(H4,38,39,40)/t24-,25-,26-,27+,28-,34-,35+,36+,37-/m0/s1. The van der Waals surface area contributed by atoms with Crippen LogP contribution < -0.4 is 16.8 Å². The van der Waals surface area contributed by atoms with E-state index in [0.717, 1.165) is 64.2 Å². The molecule has 9 atom stereocenters. The van der Waals surface area contributed by atoms with Crippen molar-refractivity contribution in [1.82, 2.24) is 5.32 Å². The highest BCUT2D eigenvalue weighted by Gasteiger charge is 2.69. The Hall–Kier alpha value is -2.09. The zero-order chi connectivity index (χ0) is 33.2. The van der Waals surface area contributed by atoms with E-state index in [1.54, 1.807) is 0 Å². The number of methoxy groups -OCH3 is 1. The topological polar surface area (TPSA) is 140 Å². The van der Waals surface area contributed by atoms with Crippen molar-refractivity contribution in [2.75, 3.05) is 13.7 Å². The lowest BCUT2D eigenvalue weighted by Gasteiger charge is -2.71. The molecule has 45 heavy (non-hydrogen) atoms. The SMILES string of the molecule is COC(=O)[C@H](CCCN=C(N)N)NC(=O)[C@]12CCC(C)(C)C[C@H]1C1=CC[C@@H]3[C@@]4(C)CC[C@H](O)C(C)(C)[C@@H]4CC[C@@]3(C)[C@]1(C)CC2. The number of nitrogens with zero attached hydrogens (tertiary/aromatic N) is 1. The molecule has 0 radical (unpaired) electrons. The Bertz CT molecular complexity index is 1240. The number of hydrogen-bond acceptors (Lipinski definition) is 5. The van der Waals surface area contributed by atoms with Crippen LogP contribution in [0.1, 0.15) is 126 Å². The Morgan fingerprint density at radius 3 is 2.36 bits per heavy atom. The molecule has 0 saturated heterocycles. The van der Waals surface area contributed by atoms with Gasteiger partial charge >= 0.3 is 5.97 Å². The van der Waals surface area contributed by atoms with E-state index in [4.69, 9.17) is 16.2 Å². The Morgan fingerprint density at radius 2 is 1.69 bits per heavy atom. The van der Waals surface area contributed by atoms with Crippen molar-refractivity contribution in [3.8, 4) is 0 Å². The van der Waals surface area contributed by atoms with Gasteiger partial charge in [0.15, 0.2) is 5.96 Å². The van der Waals surface area contributed by atoms with Gasteiger partial charge in [0.25, 0.3) is 0 Å². The van der Waals surface area contributed by atoms with Gasteiger partial charge in [-0.2, -0.15) is 0 Å². The third kappa shape index (κ3) is 5.33. The number of allylic oxidation sites excluding steroid dienone is 2. The number of guanidine groups is 1. The van der Waals surface area contributed by atoms with Gasteiger partial charge in [-0.3, -0.25) is 9.79 Å². The second-order valence-corrected chi connectivity index (χ2v) is 17.7. The Kier molecular flexibility index (Phi) is 8.80. The Balaban J connectivity index is 1.48. The van der Waals surface area contributed by atoms with Crippen LogP contribution in [0.3, 0.4) is 0 Å². The third-order valence-electron chi connectivity index (χ3n) is 14.8. The summed E-state index contributed by atoms with van der Waals surface area (Å²) in [4.78, 5) is 31.5. The molecule has 6 N–H and O–H groups in total. The van der Waals surface area contributed by atoms with Crippen LogP contribution in [-0.2, 0) is 14.3 Å². The summed E-state index contributed by atoms with van der Waals surface area (Å²) in [6, 6.07) is -0.725. The monoisotopic (exact) mass is 626 g/mol. The van der Waals surface area contributed by atoms with Crippen LogP contribution in [0.15, 0.2) is 16.6 Å². The normalized spacial score (nSPS) is 41.9. The summed E-state index contributed by atoms with van der Waals surface area (Å²) < 4.78 is 5.13. The van der Waals surface area contributed by atoms with Crippen molar-refractivity contribution in [2.24, 2.45) is 66.7 Å². The number of nitrogens with two attached hydrogens (primary N) is 2. The molecule has 0 aliphatic heterocycles. The van der Waals surface area contributed by atoms with Gasteiger partial charge in [-0.15, -0.1) is 0 Å². The molecule has 0 bridgehead atoms. The molecule has 1 amide bonds. The number of esters is 1. The van der Waals surface area contributed by atoms with Gasteiger partial charge in [0, 0.05) is 6.54 Å². The highest BCUT2D eigenvalue weighted by atomic mass is 16.5. The van der Waals surface area contributed by atoms with Crippen molar-refractivity contribution in [1.29, 1.82) is 0 Å². The van der Waals surface area contributed by atoms with Crippen LogP contribution in [0.5, 0.6) is 0 Å². The van der Waals surface area contributed by atoms with E-state index in [9.17, 15) is 14.7 Å². The molecule has 4 fully saturated rings. The molecule has 5 aliphatic rings. The van der Waals surface area contributed by atoms with E-state index in [1.807, 2.05) is 0 Å². The van der Waals surface area contributed by atoms with Crippen molar-refractivity contribution in [3.05, 3.63) is 11.6 Å². The molecular weight excluding hydrogens is 564 g/mol. The van der Waals surface area contributed by atoms with E-state index in [0.29, 0.717) is 31.2 Å². The number of amides is 1. The number of fused-ring (bicyclic) bond motifs is 7. The van der Waals surface area contributed by atoms with Crippen molar-refractivity contribution >= 4 is 17.8 Å². The largest absolute Gasteiger partial charge is 0.467 e. The third-order valence-corrected chi connectivity index (χ3v) is 14.8. The number of aliphatic hydroxyl groups is 1. The molecule has 8 nitrogen and oxygen atoms in total. The first kappa shape index (κ1) is 34.3. The minimum atomic E-state index is -0.725. The van der Waals surface area contributed by atoms with Gasteiger partial charge in [-0.25, -0.2) is 4.79 Å². The predicted molar refractivity (Wildman–Crippen MR) is 179 cm³/mol. The smallest absolute Gasteiger partial charge is 0.328 e. The van der Waals surface area contributed by atoms with E-state index < -0.39 is 17.4 Å². The second-order valence-electron chi connectivity index (χ2n) is 17.7. The van der Waals surface area contributed by atoms with Gasteiger partial charge < -0.3 is 26.6 Å². The fraction of sp³-hybridized carbons (Fsp3) is 0.865. The summed E-state index contributed by atoms with van der Waals surface area (Å²) in [5.41, 5.74) is 12.3. The first-order valence-electron chi connectivity index (χ1n) is 17.7. The zero-order valence-corrected chi connectivity index (χ0v) is 29.4. The van der Waals surface area contributed by atoms with Gasteiger partial charge in [-0.1, -0.05) is 60.1 Å². The molecule has 0 unspecified atom stereocenters. The summed E-state index contributed by atoms with van der Waals surface area (Å²) in [5.74, 6) is 0.817. The van der Waals surface area contributed by atoms with Crippen LogP contribution >= 0.6 is 0 Å². The van der Waals surface area contributed by atoms with Crippen LogP contribution in [-0.4, -0.2) is 48.7 Å². The minimum Gasteiger partial charge on any atom is -0.467 e. The highest BCUT2D eigenvalue weighted by Crippen LogP contribution is 2.75. The van der Waals surface area contributed by atoms with Gasteiger partial charge in [-0.05, 0) is 122 Å². The van der Waals surface area contributed by atoms with E-state index >= 15 is 0 Å². The lowest BCUT2D eigenvalue weighted by molar-refractivity contribution is -0.203. The lowest BCUT2D eigenvalue weighted by atomic mass is 9.33. The van der Waals surface area contributed by atoms with Gasteiger partial charge in [0.05, 0.1) is 18.6 Å². The summed E-state index contributed by atoms with van der Waals surface area (Å²) in [6.45, 7) is 17.4. The van der Waals surface area contributed by atoms with Crippen LogP contribution in [0, 0.1) is 50.2 Å². The molecule has 0 aromatic carbocycles. The fourth-order valence-electron chi connectivity index (χ4n) is 11.8.